The van der Waals surface area contributed by atoms with Crippen LogP contribution in [0.25, 0.3) is 0 Å². The van der Waals surface area contributed by atoms with Gasteiger partial charge in [-0.2, -0.15) is 0 Å². The zero-order valence-electron chi connectivity index (χ0n) is 7.74. The zero-order chi connectivity index (χ0) is 11.6. The van der Waals surface area contributed by atoms with Crippen LogP contribution in [-0.2, 0) is 4.79 Å². The molecule has 0 aliphatic carbocycles. The van der Waals surface area contributed by atoms with Crippen LogP contribution in [0.4, 0.5) is 10.1 Å². The van der Waals surface area contributed by atoms with Gasteiger partial charge in [0, 0.05) is 6.07 Å². The molecular formula is C9H7BrFNO3. The first kappa shape index (κ1) is 11.8. The number of rotatable bonds is 3. The van der Waals surface area contributed by atoms with E-state index < -0.39 is 15.6 Å². The lowest BCUT2D eigenvalue weighted by atomic mass is 10.1. The van der Waals surface area contributed by atoms with Crippen molar-refractivity contribution < 1.29 is 14.1 Å². The molecule has 0 amide bonds. The minimum atomic E-state index is -0.730. The minimum Gasteiger partial charge on any atom is -0.302 e. The molecule has 0 saturated heterocycles. The molecule has 0 fully saturated rings. The number of alkyl halides is 1. The molecule has 0 saturated carbocycles. The normalized spacial score (nSPS) is 12.2. The predicted octanol–water partition coefficient (Wildman–Crippen LogP) is 2.68. The number of nitro benzene ring substituents is 1. The van der Waals surface area contributed by atoms with Gasteiger partial charge in [-0.05, 0) is 18.6 Å². The Balaban J connectivity index is 3.35. The van der Waals surface area contributed by atoms with E-state index >= 15 is 0 Å². The van der Waals surface area contributed by atoms with Gasteiger partial charge in [-0.25, -0.2) is 4.39 Å². The Morgan fingerprint density at radius 1 is 1.60 bits per heavy atom. The first-order valence-corrected chi connectivity index (χ1v) is 4.92. The summed E-state index contributed by atoms with van der Waals surface area (Å²) in [6.45, 7) is 1.32. The fraction of sp³-hybridized carbons (Fsp3) is 0.222. The van der Waals surface area contributed by atoms with Gasteiger partial charge in [0.25, 0.3) is 5.69 Å². The number of hydrogen-bond donors (Lipinski definition) is 0. The quantitative estimate of drug-likeness (QED) is 0.369. The molecule has 1 aromatic rings. The van der Waals surface area contributed by atoms with Crippen LogP contribution >= 0.6 is 15.9 Å². The molecule has 4 nitrogen and oxygen atoms in total. The summed E-state index contributed by atoms with van der Waals surface area (Å²) in [6, 6.07) is 2.29. The summed E-state index contributed by atoms with van der Waals surface area (Å²) in [5.41, 5.74) is -0.120. The molecule has 80 valence electrons. The maximum Gasteiger partial charge on any atom is 0.275 e. The Morgan fingerprint density at radius 2 is 2.20 bits per heavy atom. The molecule has 1 unspecified atom stereocenters. The molecule has 1 atom stereocenters. The third kappa shape index (κ3) is 2.38. The lowest BCUT2D eigenvalue weighted by Gasteiger charge is -2.05. The van der Waals surface area contributed by atoms with Gasteiger partial charge in [0.15, 0.2) is 0 Å². The van der Waals surface area contributed by atoms with E-state index in [-0.39, 0.29) is 16.8 Å². The molecule has 0 radical (unpaired) electrons. The largest absolute Gasteiger partial charge is 0.302 e. The van der Waals surface area contributed by atoms with Crippen molar-refractivity contribution in [1.82, 2.24) is 0 Å². The van der Waals surface area contributed by atoms with Gasteiger partial charge in [-0.15, -0.1) is 0 Å². The van der Waals surface area contributed by atoms with Gasteiger partial charge in [-0.1, -0.05) is 15.9 Å². The summed E-state index contributed by atoms with van der Waals surface area (Å²) in [5, 5.41) is 10.6. The van der Waals surface area contributed by atoms with Gasteiger partial charge in [0.1, 0.15) is 12.1 Å². The lowest BCUT2D eigenvalue weighted by molar-refractivity contribution is -0.385. The van der Waals surface area contributed by atoms with Gasteiger partial charge in [0.2, 0.25) is 0 Å². The summed E-state index contributed by atoms with van der Waals surface area (Å²) < 4.78 is 13.3. The Kier molecular flexibility index (Phi) is 3.52. The molecule has 0 N–H and O–H groups in total. The summed E-state index contributed by atoms with van der Waals surface area (Å²) in [4.78, 5) is 19.6. The van der Waals surface area contributed by atoms with Crippen LogP contribution in [0.15, 0.2) is 12.1 Å². The van der Waals surface area contributed by atoms with Crippen molar-refractivity contribution in [2.24, 2.45) is 0 Å². The lowest BCUT2D eigenvalue weighted by Crippen LogP contribution is -1.99. The van der Waals surface area contributed by atoms with Crippen molar-refractivity contribution in [2.75, 3.05) is 0 Å². The van der Waals surface area contributed by atoms with E-state index in [4.69, 9.17) is 0 Å². The summed E-state index contributed by atoms with van der Waals surface area (Å²) in [5.74, 6) is -0.689. The second kappa shape index (κ2) is 4.48. The van der Waals surface area contributed by atoms with Gasteiger partial charge >= 0.3 is 0 Å². The molecule has 0 heterocycles. The molecule has 0 aromatic heterocycles. The number of aldehydes is 1. The molecule has 0 bridgehead atoms. The number of nitro groups is 1. The van der Waals surface area contributed by atoms with E-state index in [1.807, 2.05) is 0 Å². The highest BCUT2D eigenvalue weighted by molar-refractivity contribution is 9.09. The Morgan fingerprint density at radius 3 is 2.67 bits per heavy atom. The SMILES string of the molecule is Cc1c(F)cc(C(Br)C=O)cc1[N+](=O)[O-]. The number of benzene rings is 1. The van der Waals surface area contributed by atoms with Crippen molar-refractivity contribution in [3.63, 3.8) is 0 Å². The van der Waals surface area contributed by atoms with Crippen LogP contribution in [0.5, 0.6) is 0 Å². The van der Waals surface area contributed by atoms with Crippen molar-refractivity contribution in [3.05, 3.63) is 39.2 Å². The smallest absolute Gasteiger partial charge is 0.275 e. The Bertz CT molecular complexity index is 422. The molecule has 0 spiro atoms. The van der Waals surface area contributed by atoms with E-state index in [0.717, 1.165) is 6.07 Å². The number of carbonyl (C=O) groups is 1. The summed E-state index contributed by atoms with van der Waals surface area (Å²) in [7, 11) is 0. The van der Waals surface area contributed by atoms with Gasteiger partial charge in [0.05, 0.1) is 15.3 Å². The first-order chi connectivity index (χ1) is 6.97. The molecular weight excluding hydrogens is 269 g/mol. The van der Waals surface area contributed by atoms with Crippen LogP contribution in [-0.4, -0.2) is 11.2 Å². The summed E-state index contributed by atoms with van der Waals surface area (Å²) in [6.07, 6.45) is 0.536. The standard InChI is InChI=1S/C9H7BrFNO3/c1-5-8(11)2-6(7(10)4-13)3-9(5)12(14)15/h2-4,7H,1H3. The highest BCUT2D eigenvalue weighted by Crippen LogP contribution is 2.28. The monoisotopic (exact) mass is 275 g/mol. The number of nitrogens with zero attached hydrogens (tertiary/aromatic N) is 1. The van der Waals surface area contributed by atoms with Crippen molar-refractivity contribution in [1.29, 1.82) is 0 Å². The van der Waals surface area contributed by atoms with E-state index in [1.54, 1.807) is 0 Å². The van der Waals surface area contributed by atoms with Crippen LogP contribution in [0.1, 0.15) is 16.0 Å². The number of halogens is 2. The highest BCUT2D eigenvalue weighted by atomic mass is 79.9. The van der Waals surface area contributed by atoms with Gasteiger partial charge < -0.3 is 4.79 Å². The van der Waals surface area contributed by atoms with Crippen LogP contribution in [0.3, 0.4) is 0 Å². The molecule has 1 rings (SSSR count). The van der Waals surface area contributed by atoms with Gasteiger partial charge in [-0.3, -0.25) is 10.1 Å². The number of carbonyl (C=O) groups excluding carboxylic acids is 1. The average Bonchev–Trinajstić information content (AvgIpc) is 2.20. The van der Waals surface area contributed by atoms with Crippen molar-refractivity contribution in [2.45, 2.75) is 11.8 Å². The molecule has 15 heavy (non-hydrogen) atoms. The highest BCUT2D eigenvalue weighted by Gasteiger charge is 2.18. The number of hydrogen-bond acceptors (Lipinski definition) is 3. The van der Waals surface area contributed by atoms with Crippen molar-refractivity contribution >= 4 is 27.9 Å². The summed E-state index contributed by atoms with van der Waals surface area (Å²) >= 11 is 2.97. The topological polar surface area (TPSA) is 60.2 Å². The second-order valence-electron chi connectivity index (χ2n) is 2.94. The van der Waals surface area contributed by atoms with Crippen LogP contribution in [0.2, 0.25) is 0 Å². The Labute approximate surface area is 93.4 Å². The van der Waals surface area contributed by atoms with Crippen molar-refractivity contribution in [3.8, 4) is 0 Å². The fourth-order valence-electron chi connectivity index (χ4n) is 1.11. The first-order valence-electron chi connectivity index (χ1n) is 4.01. The van der Waals surface area contributed by atoms with E-state index in [0.29, 0.717) is 6.29 Å². The van der Waals surface area contributed by atoms with E-state index in [1.165, 1.54) is 13.0 Å². The van der Waals surface area contributed by atoms with Crippen LogP contribution in [0, 0.1) is 22.9 Å². The predicted molar refractivity (Wildman–Crippen MR) is 55.5 cm³/mol. The van der Waals surface area contributed by atoms with E-state index in [2.05, 4.69) is 15.9 Å². The zero-order valence-corrected chi connectivity index (χ0v) is 9.32. The van der Waals surface area contributed by atoms with Crippen LogP contribution < -0.4 is 0 Å². The maximum atomic E-state index is 13.3. The Hall–Kier alpha value is -1.30. The second-order valence-corrected chi connectivity index (χ2v) is 3.93. The third-order valence-electron chi connectivity index (χ3n) is 1.97. The third-order valence-corrected chi connectivity index (χ3v) is 2.72. The average molecular weight is 276 g/mol. The maximum absolute atomic E-state index is 13.3. The molecule has 6 heteroatoms. The van der Waals surface area contributed by atoms with E-state index in [9.17, 15) is 19.3 Å². The molecule has 0 aliphatic heterocycles. The molecule has 1 aromatic carbocycles. The fourth-order valence-corrected chi connectivity index (χ4v) is 1.38. The molecule has 0 aliphatic rings. The minimum absolute atomic E-state index is 0.0330.